The van der Waals surface area contributed by atoms with Gasteiger partial charge in [0, 0.05) is 18.7 Å². The van der Waals surface area contributed by atoms with Gasteiger partial charge in [0.05, 0.1) is 12.2 Å². The van der Waals surface area contributed by atoms with Crippen molar-refractivity contribution in [2.45, 2.75) is 45.6 Å². The van der Waals surface area contributed by atoms with Gasteiger partial charge in [0.2, 0.25) is 5.91 Å². The summed E-state index contributed by atoms with van der Waals surface area (Å²) in [6.45, 7) is 4.88. The summed E-state index contributed by atoms with van der Waals surface area (Å²) in [5.41, 5.74) is 1.80. The number of aryl methyl sites for hydroxylation is 1. The second kappa shape index (κ2) is 6.75. The summed E-state index contributed by atoms with van der Waals surface area (Å²) in [6, 6.07) is 5.63. The Morgan fingerprint density at radius 3 is 2.75 bits per heavy atom. The Morgan fingerprint density at radius 1 is 1.40 bits per heavy atom. The van der Waals surface area contributed by atoms with Gasteiger partial charge in [-0.3, -0.25) is 4.79 Å². The highest BCUT2D eigenvalue weighted by molar-refractivity contribution is 5.95. The number of hydrogen-bond donors (Lipinski definition) is 2. The number of anilines is 1. The molecule has 0 aromatic heterocycles. The summed E-state index contributed by atoms with van der Waals surface area (Å²) >= 11 is 0. The van der Waals surface area contributed by atoms with E-state index in [9.17, 15) is 9.90 Å². The highest BCUT2D eigenvalue weighted by atomic mass is 16.3. The first-order chi connectivity index (χ1) is 9.61. The third-order valence-corrected chi connectivity index (χ3v) is 4.00. The summed E-state index contributed by atoms with van der Waals surface area (Å²) in [4.78, 5) is 14.1. The maximum atomic E-state index is 12.4. The number of nitrogens with one attached hydrogen (secondary N) is 1. The van der Waals surface area contributed by atoms with Crippen molar-refractivity contribution in [3.63, 3.8) is 0 Å². The Bertz CT molecular complexity index is 468. The van der Waals surface area contributed by atoms with Crippen molar-refractivity contribution in [2.75, 3.05) is 18.0 Å². The minimum atomic E-state index is 0.0631. The predicted octanol–water partition coefficient (Wildman–Crippen LogP) is 2.59. The summed E-state index contributed by atoms with van der Waals surface area (Å²) in [7, 11) is 0. The average Bonchev–Trinajstić information content (AvgIpc) is 2.94. The van der Waals surface area contributed by atoms with Gasteiger partial charge in [-0.2, -0.15) is 0 Å². The van der Waals surface area contributed by atoms with E-state index in [0.717, 1.165) is 11.3 Å². The van der Waals surface area contributed by atoms with Crippen LogP contribution in [0.5, 0.6) is 5.75 Å². The normalized spacial score (nSPS) is 15.5. The predicted molar refractivity (Wildman–Crippen MR) is 81.1 cm³/mol. The molecule has 0 radical (unpaired) electrons. The van der Waals surface area contributed by atoms with Crippen LogP contribution >= 0.6 is 0 Å². The zero-order valence-corrected chi connectivity index (χ0v) is 12.4. The number of carbonyl (C=O) groups is 1. The highest BCUT2D eigenvalue weighted by Gasteiger charge is 2.19. The van der Waals surface area contributed by atoms with Crippen molar-refractivity contribution in [2.24, 2.45) is 0 Å². The average molecular weight is 276 g/mol. The monoisotopic (exact) mass is 276 g/mol. The summed E-state index contributed by atoms with van der Waals surface area (Å²) in [5, 5.41) is 13.0. The van der Waals surface area contributed by atoms with E-state index in [4.69, 9.17) is 0 Å². The summed E-state index contributed by atoms with van der Waals surface area (Å²) < 4.78 is 0. The van der Waals surface area contributed by atoms with Crippen LogP contribution in [-0.2, 0) is 4.79 Å². The van der Waals surface area contributed by atoms with E-state index in [-0.39, 0.29) is 11.7 Å². The lowest BCUT2D eigenvalue weighted by Gasteiger charge is -2.24. The molecule has 0 atom stereocenters. The molecule has 0 bridgehead atoms. The molecular weight excluding hydrogens is 252 g/mol. The largest absolute Gasteiger partial charge is 0.508 e. The molecule has 0 unspecified atom stereocenters. The second-order valence-corrected chi connectivity index (χ2v) is 5.47. The number of likely N-dealkylation sites (N-methyl/N-ethyl adjacent to an activating group) is 1. The fourth-order valence-corrected chi connectivity index (χ4v) is 2.83. The number of rotatable bonds is 5. The van der Waals surface area contributed by atoms with Gasteiger partial charge >= 0.3 is 0 Å². The molecule has 0 saturated heterocycles. The first-order valence-electron chi connectivity index (χ1n) is 7.45. The zero-order valence-electron chi connectivity index (χ0n) is 12.4. The summed E-state index contributed by atoms with van der Waals surface area (Å²) in [6.07, 6.45) is 4.86. The standard InChI is InChI=1S/C16H24N2O2/c1-3-18(15-10-14(19)9-8-12(15)2)16(20)11-17-13-6-4-5-7-13/h8-10,13,17,19H,3-7,11H2,1-2H3. The second-order valence-electron chi connectivity index (χ2n) is 5.47. The molecule has 1 aliphatic carbocycles. The van der Waals surface area contributed by atoms with Crippen LogP contribution in [0.1, 0.15) is 38.2 Å². The van der Waals surface area contributed by atoms with Gasteiger partial charge in [-0.05, 0) is 38.3 Å². The minimum absolute atomic E-state index is 0.0631. The maximum absolute atomic E-state index is 12.4. The van der Waals surface area contributed by atoms with Crippen molar-refractivity contribution >= 4 is 11.6 Å². The molecule has 0 heterocycles. The highest BCUT2D eigenvalue weighted by Crippen LogP contribution is 2.25. The van der Waals surface area contributed by atoms with Crippen LogP contribution < -0.4 is 10.2 Å². The van der Waals surface area contributed by atoms with Crippen LogP contribution in [0.2, 0.25) is 0 Å². The zero-order chi connectivity index (χ0) is 14.5. The molecule has 1 aromatic rings. The number of carbonyl (C=O) groups excluding carboxylic acids is 1. The van der Waals surface area contributed by atoms with Gasteiger partial charge in [0.1, 0.15) is 5.75 Å². The molecule has 110 valence electrons. The molecule has 0 aliphatic heterocycles. The molecule has 4 nitrogen and oxygen atoms in total. The van der Waals surface area contributed by atoms with E-state index in [1.165, 1.54) is 25.7 Å². The number of aromatic hydroxyl groups is 1. The van der Waals surface area contributed by atoms with E-state index in [0.29, 0.717) is 19.1 Å². The van der Waals surface area contributed by atoms with Crippen LogP contribution in [-0.4, -0.2) is 30.1 Å². The molecule has 1 amide bonds. The third-order valence-electron chi connectivity index (χ3n) is 4.00. The molecule has 1 fully saturated rings. The first-order valence-corrected chi connectivity index (χ1v) is 7.45. The van der Waals surface area contributed by atoms with Crippen LogP contribution in [0.25, 0.3) is 0 Å². The number of amides is 1. The van der Waals surface area contributed by atoms with Crippen molar-refractivity contribution in [1.82, 2.24) is 5.32 Å². The lowest BCUT2D eigenvalue weighted by Crippen LogP contribution is -2.41. The van der Waals surface area contributed by atoms with Gasteiger partial charge in [0.15, 0.2) is 0 Å². The SMILES string of the molecule is CCN(C(=O)CNC1CCCC1)c1cc(O)ccc1C. The van der Waals surface area contributed by atoms with E-state index in [1.807, 2.05) is 19.9 Å². The van der Waals surface area contributed by atoms with E-state index in [1.54, 1.807) is 17.0 Å². The van der Waals surface area contributed by atoms with E-state index < -0.39 is 0 Å². The van der Waals surface area contributed by atoms with Crippen LogP contribution in [0.3, 0.4) is 0 Å². The smallest absolute Gasteiger partial charge is 0.240 e. The Kier molecular flexibility index (Phi) is 5.01. The quantitative estimate of drug-likeness (QED) is 0.869. The number of benzene rings is 1. The first kappa shape index (κ1) is 14.9. The molecule has 2 N–H and O–H groups in total. The number of hydrogen-bond acceptors (Lipinski definition) is 3. The lowest BCUT2D eigenvalue weighted by atomic mass is 10.1. The molecule has 20 heavy (non-hydrogen) atoms. The third kappa shape index (κ3) is 3.51. The van der Waals surface area contributed by atoms with E-state index in [2.05, 4.69) is 5.32 Å². The number of phenolic OH excluding ortho intramolecular Hbond substituents is 1. The fraction of sp³-hybridized carbons (Fsp3) is 0.562. The Labute approximate surface area is 120 Å². The number of nitrogens with zero attached hydrogens (tertiary/aromatic N) is 1. The van der Waals surface area contributed by atoms with E-state index >= 15 is 0 Å². The minimum Gasteiger partial charge on any atom is -0.508 e. The van der Waals surface area contributed by atoms with Gasteiger partial charge < -0.3 is 15.3 Å². The van der Waals surface area contributed by atoms with Gasteiger partial charge in [-0.1, -0.05) is 18.9 Å². The van der Waals surface area contributed by atoms with Gasteiger partial charge in [0.25, 0.3) is 0 Å². The number of phenols is 1. The van der Waals surface area contributed by atoms with Crippen molar-refractivity contribution in [1.29, 1.82) is 0 Å². The molecule has 1 aromatic carbocycles. The van der Waals surface area contributed by atoms with Crippen LogP contribution in [0.4, 0.5) is 5.69 Å². The lowest BCUT2D eigenvalue weighted by molar-refractivity contribution is -0.117. The fourth-order valence-electron chi connectivity index (χ4n) is 2.83. The van der Waals surface area contributed by atoms with Crippen molar-refractivity contribution in [3.8, 4) is 5.75 Å². The molecular formula is C16H24N2O2. The molecule has 0 spiro atoms. The maximum Gasteiger partial charge on any atom is 0.240 e. The van der Waals surface area contributed by atoms with Crippen molar-refractivity contribution < 1.29 is 9.90 Å². The Balaban J connectivity index is 2.02. The summed E-state index contributed by atoms with van der Waals surface area (Å²) in [5.74, 6) is 0.258. The molecule has 1 saturated carbocycles. The van der Waals surface area contributed by atoms with Crippen LogP contribution in [0, 0.1) is 6.92 Å². The topological polar surface area (TPSA) is 52.6 Å². The van der Waals surface area contributed by atoms with Crippen LogP contribution in [0.15, 0.2) is 18.2 Å². The Morgan fingerprint density at radius 2 is 2.10 bits per heavy atom. The molecule has 1 aliphatic rings. The molecule has 2 rings (SSSR count). The Hall–Kier alpha value is -1.55. The van der Waals surface area contributed by atoms with Gasteiger partial charge in [-0.15, -0.1) is 0 Å². The molecule has 4 heteroatoms. The van der Waals surface area contributed by atoms with Crippen molar-refractivity contribution in [3.05, 3.63) is 23.8 Å². The van der Waals surface area contributed by atoms with Gasteiger partial charge in [-0.25, -0.2) is 0 Å².